The molecule has 0 saturated heterocycles. The summed E-state index contributed by atoms with van der Waals surface area (Å²) in [6, 6.07) is 2.85. The molecule has 3 heterocycles. The fraction of sp³-hybridized carbons (Fsp3) is 0.333. The van der Waals surface area contributed by atoms with E-state index in [0.29, 0.717) is 15.8 Å². The standard InChI is InChI=1S/C15H14Br2N2O3/c1-15(2)13(20)12(9-6-18-4-3-11(9)22-15)19-7-8(16)5-10(17)14(19)21/h3-7,12-13,20H,1-2H3. The summed E-state index contributed by atoms with van der Waals surface area (Å²) in [7, 11) is 0. The van der Waals surface area contributed by atoms with Gasteiger partial charge in [0.25, 0.3) is 5.56 Å². The average molecular weight is 430 g/mol. The Kier molecular flexibility index (Phi) is 3.91. The van der Waals surface area contributed by atoms with E-state index in [2.05, 4.69) is 36.8 Å². The van der Waals surface area contributed by atoms with Crippen LogP contribution in [0.5, 0.6) is 5.75 Å². The second-order valence-corrected chi connectivity index (χ2v) is 7.50. The van der Waals surface area contributed by atoms with Gasteiger partial charge in [-0.15, -0.1) is 0 Å². The van der Waals surface area contributed by atoms with Crippen molar-refractivity contribution in [2.75, 3.05) is 0 Å². The van der Waals surface area contributed by atoms with Crippen LogP contribution in [0.15, 0.2) is 44.5 Å². The largest absolute Gasteiger partial charge is 0.485 e. The number of aliphatic hydroxyl groups is 1. The Balaban J connectivity index is 2.27. The summed E-state index contributed by atoms with van der Waals surface area (Å²) in [5.41, 5.74) is -0.367. The Morgan fingerprint density at radius 2 is 2.14 bits per heavy atom. The van der Waals surface area contributed by atoms with Crippen molar-refractivity contribution >= 4 is 31.9 Å². The van der Waals surface area contributed by atoms with Crippen LogP contribution in [0.1, 0.15) is 25.5 Å². The molecule has 2 atom stereocenters. The molecule has 1 N–H and O–H groups in total. The van der Waals surface area contributed by atoms with Crippen molar-refractivity contribution in [3.8, 4) is 5.75 Å². The van der Waals surface area contributed by atoms with E-state index in [1.807, 2.05) is 0 Å². The molecule has 3 rings (SSSR count). The molecule has 0 spiro atoms. The number of aromatic nitrogens is 2. The summed E-state index contributed by atoms with van der Waals surface area (Å²) >= 11 is 6.64. The molecule has 2 aromatic heterocycles. The van der Waals surface area contributed by atoms with Gasteiger partial charge in [-0.05, 0) is 57.8 Å². The van der Waals surface area contributed by atoms with Crippen LogP contribution in [-0.4, -0.2) is 26.4 Å². The minimum atomic E-state index is -0.900. The molecule has 22 heavy (non-hydrogen) atoms. The van der Waals surface area contributed by atoms with Gasteiger partial charge in [-0.2, -0.15) is 0 Å². The van der Waals surface area contributed by atoms with Crippen molar-refractivity contribution in [2.45, 2.75) is 31.6 Å². The summed E-state index contributed by atoms with van der Waals surface area (Å²) in [5.74, 6) is 0.623. The number of halogens is 2. The number of ether oxygens (including phenoxy) is 1. The normalized spacial score (nSPS) is 22.8. The summed E-state index contributed by atoms with van der Waals surface area (Å²) in [6.45, 7) is 3.60. The minimum Gasteiger partial charge on any atom is -0.485 e. The predicted octanol–water partition coefficient (Wildman–Crippen LogP) is 2.89. The predicted molar refractivity (Wildman–Crippen MR) is 89.2 cm³/mol. The van der Waals surface area contributed by atoms with Crippen LogP contribution in [0, 0.1) is 0 Å². The highest BCUT2D eigenvalue weighted by Crippen LogP contribution is 2.41. The zero-order valence-electron chi connectivity index (χ0n) is 12.0. The lowest BCUT2D eigenvalue weighted by molar-refractivity contribution is -0.0645. The van der Waals surface area contributed by atoms with Crippen molar-refractivity contribution in [3.05, 3.63) is 55.6 Å². The maximum atomic E-state index is 12.5. The number of pyridine rings is 2. The van der Waals surface area contributed by atoms with Gasteiger partial charge < -0.3 is 14.4 Å². The topological polar surface area (TPSA) is 64.4 Å². The van der Waals surface area contributed by atoms with Crippen molar-refractivity contribution in [1.29, 1.82) is 0 Å². The molecule has 7 heteroatoms. The van der Waals surface area contributed by atoms with Crippen molar-refractivity contribution in [2.24, 2.45) is 0 Å². The molecule has 2 unspecified atom stereocenters. The number of aliphatic hydroxyl groups excluding tert-OH is 1. The molecule has 0 aromatic carbocycles. The molecule has 0 amide bonds. The SMILES string of the molecule is CC1(C)Oc2ccncc2C(n2cc(Br)cc(Br)c2=O)C1O. The molecule has 0 bridgehead atoms. The summed E-state index contributed by atoms with van der Waals surface area (Å²) in [6.07, 6.45) is 4.02. The first-order chi connectivity index (χ1) is 10.3. The monoisotopic (exact) mass is 428 g/mol. The van der Waals surface area contributed by atoms with Crippen molar-refractivity contribution < 1.29 is 9.84 Å². The van der Waals surface area contributed by atoms with Crippen LogP contribution < -0.4 is 10.3 Å². The maximum absolute atomic E-state index is 12.5. The van der Waals surface area contributed by atoms with Gasteiger partial charge in [-0.1, -0.05) is 0 Å². The van der Waals surface area contributed by atoms with Gasteiger partial charge in [0.1, 0.15) is 17.5 Å². The molecule has 0 radical (unpaired) electrons. The smallest absolute Gasteiger partial charge is 0.265 e. The third kappa shape index (κ3) is 2.51. The van der Waals surface area contributed by atoms with Crippen LogP contribution in [0.2, 0.25) is 0 Å². The number of hydrogen-bond acceptors (Lipinski definition) is 4. The van der Waals surface area contributed by atoms with Crippen LogP contribution >= 0.6 is 31.9 Å². The first-order valence-corrected chi connectivity index (χ1v) is 8.28. The van der Waals surface area contributed by atoms with Gasteiger partial charge in [0.05, 0.1) is 10.5 Å². The Bertz CT molecular complexity index is 789. The molecule has 0 aliphatic carbocycles. The molecule has 5 nitrogen and oxygen atoms in total. The van der Waals surface area contributed by atoms with Crippen molar-refractivity contribution in [1.82, 2.24) is 9.55 Å². The van der Waals surface area contributed by atoms with Crippen LogP contribution in [0.25, 0.3) is 0 Å². The van der Waals surface area contributed by atoms with E-state index in [9.17, 15) is 9.90 Å². The average Bonchev–Trinajstić information content (AvgIpc) is 2.44. The molecule has 116 valence electrons. The lowest BCUT2D eigenvalue weighted by atomic mass is 9.87. The first kappa shape index (κ1) is 15.7. The Morgan fingerprint density at radius 1 is 1.41 bits per heavy atom. The maximum Gasteiger partial charge on any atom is 0.265 e. The van der Waals surface area contributed by atoms with Gasteiger partial charge in [0.15, 0.2) is 0 Å². The Hall–Kier alpha value is -1.18. The molecule has 1 aliphatic rings. The molecular formula is C15H14Br2N2O3. The van der Waals surface area contributed by atoms with Gasteiger partial charge >= 0.3 is 0 Å². The van der Waals surface area contributed by atoms with E-state index in [1.54, 1.807) is 44.6 Å². The molecular weight excluding hydrogens is 416 g/mol. The molecule has 2 aromatic rings. The second-order valence-electron chi connectivity index (χ2n) is 5.73. The summed E-state index contributed by atoms with van der Waals surface area (Å²) < 4.78 is 8.52. The fourth-order valence-corrected chi connectivity index (χ4v) is 3.85. The van der Waals surface area contributed by atoms with Crippen LogP contribution in [0.4, 0.5) is 0 Å². The Labute approximate surface area is 144 Å². The minimum absolute atomic E-state index is 0.222. The van der Waals surface area contributed by atoms with E-state index < -0.39 is 17.7 Å². The molecule has 0 saturated carbocycles. The van der Waals surface area contributed by atoms with Gasteiger partial charge in [-0.25, -0.2) is 0 Å². The number of fused-ring (bicyclic) bond motifs is 1. The molecule has 1 aliphatic heterocycles. The zero-order chi connectivity index (χ0) is 16.1. The summed E-state index contributed by atoms with van der Waals surface area (Å²) in [5, 5.41) is 10.8. The van der Waals surface area contributed by atoms with E-state index in [0.717, 1.165) is 4.47 Å². The number of nitrogens with zero attached hydrogens (tertiary/aromatic N) is 2. The zero-order valence-corrected chi connectivity index (χ0v) is 15.1. The van der Waals surface area contributed by atoms with Gasteiger partial charge in [-0.3, -0.25) is 9.78 Å². The third-order valence-corrected chi connectivity index (χ3v) is 4.78. The van der Waals surface area contributed by atoms with Crippen molar-refractivity contribution in [3.63, 3.8) is 0 Å². The lowest BCUT2D eigenvalue weighted by Gasteiger charge is -2.42. The highest BCUT2D eigenvalue weighted by molar-refractivity contribution is 9.11. The highest BCUT2D eigenvalue weighted by atomic mass is 79.9. The molecule has 0 fully saturated rings. The highest BCUT2D eigenvalue weighted by Gasteiger charge is 2.44. The number of rotatable bonds is 1. The van der Waals surface area contributed by atoms with E-state index in [1.165, 1.54) is 4.57 Å². The second kappa shape index (κ2) is 5.47. The van der Waals surface area contributed by atoms with Gasteiger partial charge in [0.2, 0.25) is 0 Å². The van der Waals surface area contributed by atoms with E-state index >= 15 is 0 Å². The van der Waals surface area contributed by atoms with E-state index in [4.69, 9.17) is 4.74 Å². The number of hydrogen-bond donors (Lipinski definition) is 1. The first-order valence-electron chi connectivity index (χ1n) is 6.69. The summed E-state index contributed by atoms with van der Waals surface area (Å²) in [4.78, 5) is 16.6. The quantitative estimate of drug-likeness (QED) is 0.756. The lowest BCUT2D eigenvalue weighted by Crippen LogP contribution is -2.52. The Morgan fingerprint density at radius 3 is 2.86 bits per heavy atom. The van der Waals surface area contributed by atoms with Gasteiger partial charge in [0, 0.05) is 28.6 Å². The fourth-order valence-electron chi connectivity index (χ4n) is 2.65. The van der Waals surface area contributed by atoms with Crippen LogP contribution in [0.3, 0.4) is 0 Å². The van der Waals surface area contributed by atoms with E-state index in [-0.39, 0.29) is 5.56 Å². The third-order valence-electron chi connectivity index (χ3n) is 3.78. The van der Waals surface area contributed by atoms with Crippen LogP contribution in [-0.2, 0) is 0 Å².